The number of hydrogen-bond donors (Lipinski definition) is 0. The van der Waals surface area contributed by atoms with Crippen molar-refractivity contribution in [3.63, 3.8) is 0 Å². The van der Waals surface area contributed by atoms with Crippen molar-refractivity contribution in [1.29, 1.82) is 0 Å². The lowest BCUT2D eigenvalue weighted by Crippen LogP contribution is -2.39. The molecule has 1 aliphatic rings. The molecule has 2 aromatic heterocycles. The first-order valence-electron chi connectivity index (χ1n) is 8.39. The molecule has 0 saturated carbocycles. The van der Waals surface area contributed by atoms with Gasteiger partial charge in [-0.3, -0.25) is 0 Å². The Labute approximate surface area is 149 Å². The Balaban J connectivity index is 1.68. The fourth-order valence-corrected chi connectivity index (χ4v) is 3.92. The van der Waals surface area contributed by atoms with Crippen LogP contribution in [0.2, 0.25) is 0 Å². The van der Waals surface area contributed by atoms with Gasteiger partial charge < -0.3 is 4.90 Å². The summed E-state index contributed by atoms with van der Waals surface area (Å²) in [6, 6.07) is 3.82. The van der Waals surface area contributed by atoms with E-state index in [0.717, 1.165) is 22.1 Å². The molecule has 136 valence electrons. The van der Waals surface area contributed by atoms with E-state index in [2.05, 4.69) is 36.1 Å². The summed E-state index contributed by atoms with van der Waals surface area (Å²) in [5, 5.41) is 2.98. The van der Waals surface area contributed by atoms with Gasteiger partial charge in [-0.1, -0.05) is 20.8 Å². The molecule has 3 rings (SSSR count). The second-order valence-corrected chi connectivity index (χ2v) is 8.35. The molecular weight excluding hydrogens is 347 g/mol. The first-order chi connectivity index (χ1) is 11.6. The molecule has 1 aliphatic heterocycles. The largest absolute Gasteiger partial charge is 0.391 e. The topological polar surface area (TPSA) is 29.0 Å². The molecule has 0 bridgehead atoms. The highest BCUT2D eigenvalue weighted by molar-refractivity contribution is 7.13. The van der Waals surface area contributed by atoms with Crippen LogP contribution in [0.4, 0.5) is 19.0 Å². The fourth-order valence-electron chi connectivity index (χ4n) is 2.89. The number of rotatable bonds is 2. The van der Waals surface area contributed by atoms with Gasteiger partial charge in [0, 0.05) is 35.6 Å². The number of aromatic nitrogens is 2. The Kier molecular flexibility index (Phi) is 4.79. The number of nitrogens with zero attached hydrogens (tertiary/aromatic N) is 3. The zero-order valence-corrected chi connectivity index (χ0v) is 15.4. The quantitative estimate of drug-likeness (QED) is 0.721. The maximum absolute atomic E-state index is 12.8. The SMILES string of the molecule is CC(C)(C)c1csc(-c2ccc(N3CCC(C(F)(F)F)CC3)nc2)n1. The van der Waals surface area contributed by atoms with E-state index < -0.39 is 12.1 Å². The first kappa shape index (κ1) is 18.2. The first-order valence-corrected chi connectivity index (χ1v) is 9.26. The molecule has 3 heterocycles. The fraction of sp³-hybridized carbons (Fsp3) is 0.556. The van der Waals surface area contributed by atoms with E-state index in [1.807, 2.05) is 17.0 Å². The van der Waals surface area contributed by atoms with Crippen molar-refractivity contribution < 1.29 is 13.2 Å². The van der Waals surface area contributed by atoms with Crippen LogP contribution in [0.5, 0.6) is 0 Å². The number of piperidine rings is 1. The van der Waals surface area contributed by atoms with Gasteiger partial charge in [-0.05, 0) is 25.0 Å². The van der Waals surface area contributed by atoms with Gasteiger partial charge in [-0.2, -0.15) is 13.2 Å². The van der Waals surface area contributed by atoms with Gasteiger partial charge in [0.2, 0.25) is 0 Å². The van der Waals surface area contributed by atoms with E-state index >= 15 is 0 Å². The van der Waals surface area contributed by atoms with Gasteiger partial charge in [0.1, 0.15) is 10.8 Å². The number of hydrogen-bond acceptors (Lipinski definition) is 4. The average molecular weight is 369 g/mol. The molecule has 7 heteroatoms. The van der Waals surface area contributed by atoms with E-state index in [9.17, 15) is 13.2 Å². The van der Waals surface area contributed by atoms with Gasteiger partial charge in [-0.15, -0.1) is 11.3 Å². The third kappa shape index (κ3) is 4.14. The lowest BCUT2D eigenvalue weighted by atomic mass is 9.93. The molecule has 1 fully saturated rings. The van der Waals surface area contributed by atoms with Crippen molar-refractivity contribution in [2.45, 2.75) is 45.2 Å². The molecule has 0 N–H and O–H groups in total. The summed E-state index contributed by atoms with van der Waals surface area (Å²) in [6.45, 7) is 7.15. The van der Waals surface area contributed by atoms with Crippen molar-refractivity contribution in [2.24, 2.45) is 5.92 Å². The monoisotopic (exact) mass is 369 g/mol. The van der Waals surface area contributed by atoms with Crippen LogP contribution in [0.1, 0.15) is 39.3 Å². The van der Waals surface area contributed by atoms with Crippen LogP contribution in [0, 0.1) is 5.92 Å². The second-order valence-electron chi connectivity index (χ2n) is 7.50. The van der Waals surface area contributed by atoms with E-state index in [-0.39, 0.29) is 18.3 Å². The van der Waals surface area contributed by atoms with E-state index in [4.69, 9.17) is 0 Å². The highest BCUT2D eigenvalue weighted by Gasteiger charge is 2.41. The number of alkyl halides is 3. The van der Waals surface area contributed by atoms with Gasteiger partial charge in [-0.25, -0.2) is 9.97 Å². The smallest absolute Gasteiger partial charge is 0.357 e. The molecule has 3 nitrogen and oxygen atoms in total. The highest BCUT2D eigenvalue weighted by Crippen LogP contribution is 2.35. The van der Waals surface area contributed by atoms with Gasteiger partial charge in [0.15, 0.2) is 0 Å². The Morgan fingerprint density at radius 1 is 1.12 bits per heavy atom. The summed E-state index contributed by atoms with van der Waals surface area (Å²) >= 11 is 1.58. The van der Waals surface area contributed by atoms with Crippen LogP contribution in [0.15, 0.2) is 23.7 Å². The van der Waals surface area contributed by atoms with Crippen molar-refractivity contribution in [3.05, 3.63) is 29.4 Å². The third-order valence-electron chi connectivity index (χ3n) is 4.55. The molecule has 2 aromatic rings. The van der Waals surface area contributed by atoms with Gasteiger partial charge in [0.25, 0.3) is 0 Å². The van der Waals surface area contributed by atoms with Crippen molar-refractivity contribution in [2.75, 3.05) is 18.0 Å². The normalized spacial score (nSPS) is 17.1. The molecule has 0 aliphatic carbocycles. The standard InChI is InChI=1S/C18H22F3N3S/c1-17(2,3)14-11-25-16(23-14)12-4-5-15(22-10-12)24-8-6-13(7-9-24)18(19,20)21/h4-5,10-11,13H,6-9H2,1-3H3. The average Bonchev–Trinajstić information content (AvgIpc) is 3.05. The minimum Gasteiger partial charge on any atom is -0.357 e. The zero-order chi connectivity index (χ0) is 18.2. The zero-order valence-electron chi connectivity index (χ0n) is 14.6. The minimum atomic E-state index is -4.08. The summed E-state index contributed by atoms with van der Waals surface area (Å²) in [6.07, 6.45) is -2.06. The van der Waals surface area contributed by atoms with Crippen LogP contribution in [0.25, 0.3) is 10.6 Å². The van der Waals surface area contributed by atoms with Gasteiger partial charge in [0.05, 0.1) is 11.6 Å². The molecule has 0 amide bonds. The lowest BCUT2D eigenvalue weighted by molar-refractivity contribution is -0.179. The van der Waals surface area contributed by atoms with Crippen LogP contribution >= 0.6 is 11.3 Å². The predicted octanol–water partition coefficient (Wildman–Crippen LogP) is 5.28. The van der Waals surface area contributed by atoms with Crippen molar-refractivity contribution in [3.8, 4) is 10.6 Å². The molecule has 0 radical (unpaired) electrons. The number of halogens is 3. The number of anilines is 1. The van der Waals surface area contributed by atoms with Crippen molar-refractivity contribution in [1.82, 2.24) is 9.97 Å². The van der Waals surface area contributed by atoms with Crippen LogP contribution in [0.3, 0.4) is 0 Å². The van der Waals surface area contributed by atoms with Gasteiger partial charge >= 0.3 is 6.18 Å². The minimum absolute atomic E-state index is 0.00490. The molecule has 25 heavy (non-hydrogen) atoms. The van der Waals surface area contributed by atoms with Crippen molar-refractivity contribution >= 4 is 17.2 Å². The third-order valence-corrected chi connectivity index (χ3v) is 5.44. The summed E-state index contributed by atoms with van der Waals surface area (Å²) in [7, 11) is 0. The molecule has 0 spiro atoms. The molecule has 0 atom stereocenters. The summed E-state index contributed by atoms with van der Waals surface area (Å²) in [5.41, 5.74) is 1.99. The Bertz CT molecular complexity index is 708. The maximum Gasteiger partial charge on any atom is 0.391 e. The van der Waals surface area contributed by atoms with Crippen LogP contribution < -0.4 is 4.90 Å². The predicted molar refractivity (Wildman–Crippen MR) is 95.0 cm³/mol. The highest BCUT2D eigenvalue weighted by atomic mass is 32.1. The lowest BCUT2D eigenvalue weighted by Gasteiger charge is -2.33. The number of thiazole rings is 1. The summed E-state index contributed by atoms with van der Waals surface area (Å²) in [4.78, 5) is 11.0. The molecule has 1 saturated heterocycles. The Morgan fingerprint density at radius 3 is 2.28 bits per heavy atom. The van der Waals surface area contributed by atoms with E-state index in [1.54, 1.807) is 17.5 Å². The Hall–Kier alpha value is -1.63. The van der Waals surface area contributed by atoms with E-state index in [1.165, 1.54) is 0 Å². The maximum atomic E-state index is 12.8. The Morgan fingerprint density at radius 2 is 1.80 bits per heavy atom. The molecular formula is C18H22F3N3S. The number of pyridine rings is 1. The molecule has 0 unspecified atom stereocenters. The second kappa shape index (κ2) is 6.59. The van der Waals surface area contributed by atoms with E-state index in [0.29, 0.717) is 13.1 Å². The summed E-state index contributed by atoms with van der Waals surface area (Å²) < 4.78 is 38.3. The summed E-state index contributed by atoms with van der Waals surface area (Å²) in [5.74, 6) is -0.453. The van der Waals surface area contributed by atoms with Crippen LogP contribution in [-0.4, -0.2) is 29.2 Å². The molecule has 0 aromatic carbocycles. The van der Waals surface area contributed by atoms with Crippen LogP contribution in [-0.2, 0) is 5.41 Å².